The number of carboxylic acid groups (broad SMARTS) is 2. The fourth-order valence-electron chi connectivity index (χ4n) is 5.84. The van der Waals surface area contributed by atoms with Gasteiger partial charge in [0, 0.05) is 11.4 Å². The van der Waals surface area contributed by atoms with Crippen LogP contribution < -0.4 is 21.3 Å². The molecule has 2 fully saturated rings. The predicted octanol–water partition coefficient (Wildman–Crippen LogP) is 5.07. The SMILES string of the molecule is O=C(Nc1cc(C[C@H](C(=O)O)[C@H]2CCNC2)cc(C(F)(F)F)c1)Nc1cc(C[C@H](C(=O)O)[C@H]2CCNC2)cc(C(F)(F)F)c1. The lowest BCUT2D eigenvalue weighted by molar-refractivity contribution is -0.144. The molecular weight excluding hydrogens is 598 g/mol. The molecule has 2 aliphatic rings. The van der Waals surface area contributed by atoms with E-state index in [4.69, 9.17) is 0 Å². The number of rotatable bonds is 10. The Hall–Kier alpha value is -3.85. The van der Waals surface area contributed by atoms with E-state index in [0.29, 0.717) is 51.2 Å². The fraction of sp³-hybridized carbons (Fsp3) is 0.483. The number of urea groups is 1. The minimum atomic E-state index is -4.83. The maximum Gasteiger partial charge on any atom is 0.416 e. The van der Waals surface area contributed by atoms with Crippen molar-refractivity contribution in [3.05, 3.63) is 58.7 Å². The summed E-state index contributed by atoms with van der Waals surface area (Å²) in [4.78, 5) is 36.6. The Kier molecular flexibility index (Phi) is 10.1. The predicted molar refractivity (Wildman–Crippen MR) is 147 cm³/mol. The molecule has 4 atom stereocenters. The molecule has 0 saturated carbocycles. The second-order valence-electron chi connectivity index (χ2n) is 11.2. The molecular formula is C29H32F6N4O5. The normalized spacial score (nSPS) is 20.2. The molecule has 2 aromatic carbocycles. The zero-order chi connectivity index (χ0) is 32.2. The number of benzene rings is 2. The molecule has 2 saturated heterocycles. The lowest BCUT2D eigenvalue weighted by atomic mass is 9.85. The van der Waals surface area contributed by atoms with Crippen molar-refractivity contribution in [3.8, 4) is 0 Å². The Morgan fingerprint density at radius 1 is 0.705 bits per heavy atom. The lowest BCUT2D eigenvalue weighted by Crippen LogP contribution is -2.28. The Bertz CT molecular complexity index is 1270. The molecule has 2 heterocycles. The standard InChI is InChI=1S/C29H32F6N4O5/c30-28(31,32)19-5-15(9-23(25(40)41)17-1-3-36-13-17)7-21(11-19)38-27(44)39-22-8-16(6-20(12-22)29(33,34)35)10-24(26(42)43)18-2-4-37-14-18/h5-8,11-12,17-18,23-24,36-37H,1-4,9-10,13-14H2,(H,40,41)(H,42,43)(H2,38,39,44)/t17-,18-,23-,24-/m0/s1. The van der Waals surface area contributed by atoms with Gasteiger partial charge in [-0.1, -0.05) is 0 Å². The maximum atomic E-state index is 13.7. The number of hydrogen-bond acceptors (Lipinski definition) is 5. The molecule has 240 valence electrons. The van der Waals surface area contributed by atoms with Crippen molar-refractivity contribution in [3.63, 3.8) is 0 Å². The van der Waals surface area contributed by atoms with Crippen molar-refractivity contribution in [2.75, 3.05) is 36.8 Å². The van der Waals surface area contributed by atoms with Gasteiger partial charge >= 0.3 is 30.3 Å². The summed E-state index contributed by atoms with van der Waals surface area (Å²) in [7, 11) is 0. The topological polar surface area (TPSA) is 140 Å². The highest BCUT2D eigenvalue weighted by Gasteiger charge is 2.36. The zero-order valence-electron chi connectivity index (χ0n) is 23.3. The Morgan fingerprint density at radius 3 is 1.39 bits per heavy atom. The Labute approximate surface area is 248 Å². The van der Waals surface area contributed by atoms with E-state index in [1.54, 1.807) is 0 Å². The van der Waals surface area contributed by atoms with Crippen LogP contribution >= 0.6 is 0 Å². The summed E-state index contributed by atoms with van der Waals surface area (Å²) in [6.07, 6.45) is -9.06. The van der Waals surface area contributed by atoms with Gasteiger partial charge in [-0.15, -0.1) is 0 Å². The van der Waals surface area contributed by atoms with E-state index in [1.165, 1.54) is 12.1 Å². The minimum Gasteiger partial charge on any atom is -0.481 e. The van der Waals surface area contributed by atoms with Gasteiger partial charge in [-0.25, -0.2) is 4.79 Å². The first-order chi connectivity index (χ1) is 20.6. The summed E-state index contributed by atoms with van der Waals surface area (Å²) in [6, 6.07) is 4.13. The molecule has 2 amide bonds. The maximum absolute atomic E-state index is 13.7. The number of carboxylic acids is 2. The number of anilines is 2. The first kappa shape index (κ1) is 33.1. The van der Waals surface area contributed by atoms with Crippen LogP contribution in [0, 0.1) is 23.7 Å². The number of alkyl halides is 6. The fourth-order valence-corrected chi connectivity index (χ4v) is 5.84. The van der Waals surface area contributed by atoms with Gasteiger partial charge in [-0.05, 0) is 111 Å². The van der Waals surface area contributed by atoms with Crippen LogP contribution in [0.4, 0.5) is 42.5 Å². The molecule has 4 rings (SSSR count). The number of carbonyl (C=O) groups excluding carboxylic acids is 1. The number of halogens is 6. The largest absolute Gasteiger partial charge is 0.481 e. The number of nitrogens with one attached hydrogen (secondary N) is 4. The molecule has 0 radical (unpaired) electrons. The number of amides is 2. The van der Waals surface area contributed by atoms with Crippen LogP contribution in [0.1, 0.15) is 35.1 Å². The van der Waals surface area contributed by atoms with E-state index in [9.17, 15) is 50.9 Å². The van der Waals surface area contributed by atoms with Crippen molar-refractivity contribution >= 4 is 29.3 Å². The average Bonchev–Trinajstić information content (AvgIpc) is 3.64. The summed E-state index contributed by atoms with van der Waals surface area (Å²) in [5, 5.41) is 29.9. The van der Waals surface area contributed by atoms with Crippen molar-refractivity contribution < 1.29 is 50.9 Å². The van der Waals surface area contributed by atoms with Gasteiger partial charge in [0.1, 0.15) is 0 Å². The third-order valence-corrected chi connectivity index (χ3v) is 8.04. The van der Waals surface area contributed by atoms with Gasteiger partial charge < -0.3 is 31.5 Å². The summed E-state index contributed by atoms with van der Waals surface area (Å²) in [5.74, 6) is -4.90. The van der Waals surface area contributed by atoms with E-state index < -0.39 is 53.3 Å². The number of hydrogen-bond donors (Lipinski definition) is 6. The van der Waals surface area contributed by atoms with E-state index in [1.807, 2.05) is 0 Å². The molecule has 44 heavy (non-hydrogen) atoms. The van der Waals surface area contributed by atoms with Crippen molar-refractivity contribution in [1.29, 1.82) is 0 Å². The third kappa shape index (κ3) is 8.62. The third-order valence-electron chi connectivity index (χ3n) is 8.04. The van der Waals surface area contributed by atoms with Crippen LogP contribution in [0.5, 0.6) is 0 Å². The first-order valence-electron chi connectivity index (χ1n) is 14.0. The molecule has 0 aliphatic carbocycles. The van der Waals surface area contributed by atoms with Crippen molar-refractivity contribution in [2.45, 2.75) is 38.0 Å². The van der Waals surface area contributed by atoms with E-state index in [2.05, 4.69) is 21.3 Å². The van der Waals surface area contributed by atoms with Crippen LogP contribution in [0.15, 0.2) is 36.4 Å². The van der Waals surface area contributed by atoms with E-state index >= 15 is 0 Å². The molecule has 15 heteroatoms. The summed E-state index contributed by atoms with van der Waals surface area (Å²) < 4.78 is 82.2. The highest BCUT2D eigenvalue weighted by atomic mass is 19.4. The molecule has 0 bridgehead atoms. The van der Waals surface area contributed by atoms with Crippen molar-refractivity contribution in [1.82, 2.24) is 10.6 Å². The zero-order valence-corrected chi connectivity index (χ0v) is 23.3. The molecule has 9 nitrogen and oxygen atoms in total. The Morgan fingerprint density at radius 2 is 1.09 bits per heavy atom. The van der Waals surface area contributed by atoms with Gasteiger partial charge in [0.25, 0.3) is 0 Å². The summed E-state index contributed by atoms with van der Waals surface area (Å²) in [5.41, 5.74) is -2.93. The van der Waals surface area contributed by atoms with Gasteiger partial charge in [0.05, 0.1) is 23.0 Å². The molecule has 0 unspecified atom stereocenters. The van der Waals surface area contributed by atoms with Crippen LogP contribution in [-0.2, 0) is 34.8 Å². The molecule has 6 N–H and O–H groups in total. The second kappa shape index (κ2) is 13.4. The molecule has 2 aliphatic heterocycles. The average molecular weight is 631 g/mol. The highest BCUT2D eigenvalue weighted by molar-refractivity contribution is 6.00. The van der Waals surface area contributed by atoms with Crippen LogP contribution in [0.2, 0.25) is 0 Å². The second-order valence-corrected chi connectivity index (χ2v) is 11.2. The first-order valence-corrected chi connectivity index (χ1v) is 14.0. The van der Waals surface area contributed by atoms with Crippen molar-refractivity contribution in [2.24, 2.45) is 23.7 Å². The summed E-state index contributed by atoms with van der Waals surface area (Å²) >= 11 is 0. The lowest BCUT2D eigenvalue weighted by Gasteiger charge is -2.21. The van der Waals surface area contributed by atoms with Crippen LogP contribution in [-0.4, -0.2) is 54.4 Å². The van der Waals surface area contributed by atoms with E-state index in [-0.39, 0.29) is 47.2 Å². The van der Waals surface area contributed by atoms with E-state index in [0.717, 1.165) is 12.1 Å². The molecule has 0 aromatic heterocycles. The van der Waals surface area contributed by atoms with Crippen LogP contribution in [0.25, 0.3) is 0 Å². The van der Waals surface area contributed by atoms with Gasteiger partial charge in [0.2, 0.25) is 0 Å². The van der Waals surface area contributed by atoms with Gasteiger partial charge in [-0.2, -0.15) is 26.3 Å². The number of carbonyl (C=O) groups is 3. The Balaban J connectivity index is 1.57. The quantitative estimate of drug-likeness (QED) is 0.202. The number of aliphatic carboxylic acids is 2. The van der Waals surface area contributed by atoms with Gasteiger partial charge in [0.15, 0.2) is 0 Å². The highest BCUT2D eigenvalue weighted by Crippen LogP contribution is 2.35. The summed E-state index contributed by atoms with van der Waals surface area (Å²) in [6.45, 7) is 1.95. The molecule has 0 spiro atoms. The monoisotopic (exact) mass is 630 g/mol. The smallest absolute Gasteiger partial charge is 0.416 e. The minimum absolute atomic E-state index is 0.0110. The van der Waals surface area contributed by atoms with Crippen LogP contribution in [0.3, 0.4) is 0 Å². The van der Waals surface area contributed by atoms with Gasteiger partial charge in [-0.3, -0.25) is 9.59 Å². The molecule has 2 aromatic rings.